The van der Waals surface area contributed by atoms with Crippen LogP contribution < -0.4 is 10.6 Å². The third-order valence-electron chi connectivity index (χ3n) is 11.8. The Labute approximate surface area is 375 Å². The van der Waals surface area contributed by atoms with E-state index in [1.807, 2.05) is 94.6 Å². The fourth-order valence-electron chi connectivity index (χ4n) is 7.22. The Morgan fingerprint density at radius 3 is 1.98 bits per heavy atom. The number of aromatic nitrogens is 4. The van der Waals surface area contributed by atoms with Crippen molar-refractivity contribution in [3.63, 3.8) is 0 Å². The average Bonchev–Trinajstić information content (AvgIpc) is 3.50. The molecule has 2 fully saturated rings. The molecule has 4 heterocycles. The molecule has 2 aliphatic heterocycles. The first kappa shape index (κ1) is 48.8. The second kappa shape index (κ2) is 22.3. The maximum Gasteiger partial charge on any atom is 0.255 e. The number of hydrogen-bond donors (Lipinski definition) is 2. The van der Waals surface area contributed by atoms with E-state index in [-0.39, 0.29) is 5.91 Å². The number of allylic oxidation sites excluding steroid dienone is 1. The zero-order valence-electron chi connectivity index (χ0n) is 38.7. The van der Waals surface area contributed by atoms with Gasteiger partial charge in [0.15, 0.2) is 0 Å². The number of imidazole rings is 1. The van der Waals surface area contributed by atoms with E-state index in [4.69, 9.17) is 28.2 Å². The molecule has 2 aromatic carbocycles. The summed E-state index contributed by atoms with van der Waals surface area (Å²) in [4.78, 5) is 26.5. The standard InChI is InChI=1S/C25H33ClN4.C23H29ClN4O.C2H6/c1-8-22(21(7)29-13-16(2)14-29)15-30-20(6)19(5)28-25(30)12-27-11-23-17(3)9-10-24(26)18(23)4;1-15-7-8-22(24)16(2)21(15)13-26-20-11-19(23(29)28-9-6-10-28)14-27(5)18(4)17(3)25-12-20;1-2/h8-10,15-16,27H,1,7,11-14H2,2-6H3;7-8,11-12,14,26H,6,9-10,13H2,1-5H3;1-2H3/b22-15+;;. The second-order valence-corrected chi connectivity index (χ2v) is 16.9. The molecule has 4 aromatic rings. The number of nitrogens with one attached hydrogen (secondary N) is 2. The normalized spacial score (nSPS) is 13.5. The molecule has 2 aromatic heterocycles. The van der Waals surface area contributed by atoms with Crippen molar-refractivity contribution in [2.45, 2.75) is 102 Å². The highest BCUT2D eigenvalue weighted by molar-refractivity contribution is 6.31. The zero-order chi connectivity index (χ0) is 45.1. The third kappa shape index (κ3) is 12.2. The van der Waals surface area contributed by atoms with Crippen LogP contribution >= 0.6 is 23.2 Å². The van der Waals surface area contributed by atoms with Gasteiger partial charge in [0.1, 0.15) is 5.82 Å². The van der Waals surface area contributed by atoms with Crippen LogP contribution in [0.5, 0.6) is 0 Å². The smallest absolute Gasteiger partial charge is 0.255 e. The van der Waals surface area contributed by atoms with Gasteiger partial charge in [-0.1, -0.05) is 75.3 Å². The van der Waals surface area contributed by atoms with Crippen molar-refractivity contribution in [1.29, 1.82) is 0 Å². The molecule has 6 rings (SSSR count). The third-order valence-corrected chi connectivity index (χ3v) is 12.6. The lowest BCUT2D eigenvalue weighted by Gasteiger charge is -2.40. The highest BCUT2D eigenvalue weighted by Crippen LogP contribution is 2.27. The predicted octanol–water partition coefficient (Wildman–Crippen LogP) is 11.5. The Balaban J connectivity index is 0.000000258. The van der Waals surface area contributed by atoms with E-state index in [1.165, 1.54) is 16.7 Å². The number of halogens is 2. The molecule has 0 spiro atoms. The minimum Gasteiger partial charge on any atom is -0.380 e. The molecule has 0 bridgehead atoms. The Morgan fingerprint density at radius 2 is 1.44 bits per heavy atom. The minimum atomic E-state index is 0.0540. The SMILES string of the molecule is C=C/C(=C\n1c(CNCc2c(C)ccc(Cl)c2C)nc(C)c1C)C(=C)N1CC(C)C1.CC.Cc1ccc(Cl)c(C)c1CNc1cnc(C)c(C)n(C)cc(C(=O)N2CCC2)c1. The predicted molar refractivity (Wildman–Crippen MR) is 258 cm³/mol. The van der Waals surface area contributed by atoms with Crippen molar-refractivity contribution in [2.75, 3.05) is 31.5 Å². The summed E-state index contributed by atoms with van der Waals surface area (Å²) in [5, 5.41) is 8.57. The van der Waals surface area contributed by atoms with Gasteiger partial charge in [0, 0.05) is 91.4 Å². The molecular weight excluding hydrogens is 800 g/mol. The number of aryl methyl sites for hydroxylation is 5. The minimum absolute atomic E-state index is 0.0540. The van der Waals surface area contributed by atoms with Crippen LogP contribution in [0.3, 0.4) is 0 Å². The summed E-state index contributed by atoms with van der Waals surface area (Å²) < 4.78 is 4.12. The van der Waals surface area contributed by atoms with E-state index in [0.29, 0.717) is 18.7 Å². The molecule has 328 valence electrons. The van der Waals surface area contributed by atoms with E-state index >= 15 is 0 Å². The summed E-state index contributed by atoms with van der Waals surface area (Å²) in [6.07, 6.45) is 8.75. The summed E-state index contributed by atoms with van der Waals surface area (Å²) in [5.74, 6) is 1.76. The molecule has 0 aliphatic carbocycles. The van der Waals surface area contributed by atoms with Crippen molar-refractivity contribution < 1.29 is 4.79 Å². The lowest BCUT2D eigenvalue weighted by Crippen LogP contribution is -2.44. The maximum absolute atomic E-state index is 12.9. The number of amides is 1. The van der Waals surface area contributed by atoms with Crippen molar-refractivity contribution in [1.82, 2.24) is 34.2 Å². The van der Waals surface area contributed by atoms with E-state index in [2.05, 4.69) is 85.1 Å². The highest BCUT2D eigenvalue weighted by atomic mass is 35.5. The second-order valence-electron chi connectivity index (χ2n) is 16.1. The number of likely N-dealkylation sites (tertiary alicyclic amines) is 2. The van der Waals surface area contributed by atoms with Gasteiger partial charge in [-0.15, -0.1) is 0 Å². The first-order chi connectivity index (χ1) is 29.0. The Bertz CT molecular complexity index is 2310. The van der Waals surface area contributed by atoms with Crippen LogP contribution in [0.1, 0.15) is 99.5 Å². The fraction of sp³-hybridized carbons (Fsp3) is 0.420. The maximum atomic E-state index is 12.9. The molecule has 0 atom stereocenters. The van der Waals surface area contributed by atoms with Crippen molar-refractivity contribution in [2.24, 2.45) is 13.0 Å². The Morgan fingerprint density at radius 1 is 0.852 bits per heavy atom. The van der Waals surface area contributed by atoms with E-state index < -0.39 is 0 Å². The molecular formula is C50H68Cl2N8O. The lowest BCUT2D eigenvalue weighted by atomic mass is 10.00. The number of hydrogen-bond acceptors (Lipinski definition) is 6. The topological polar surface area (TPSA) is 83.2 Å². The van der Waals surface area contributed by atoms with Gasteiger partial charge in [-0.25, -0.2) is 4.98 Å². The van der Waals surface area contributed by atoms with Crippen LogP contribution in [0.25, 0.3) is 6.20 Å². The molecule has 2 aliphatic rings. The summed E-state index contributed by atoms with van der Waals surface area (Å²) in [6, 6.07) is 9.88. The number of anilines is 1. The van der Waals surface area contributed by atoms with Gasteiger partial charge >= 0.3 is 0 Å². The van der Waals surface area contributed by atoms with Crippen LogP contribution in [-0.4, -0.2) is 61.0 Å². The Hall–Kier alpha value is -4.83. The molecule has 0 unspecified atom stereocenters. The van der Waals surface area contributed by atoms with Crippen molar-refractivity contribution in [3.8, 4) is 0 Å². The fourth-order valence-corrected chi connectivity index (χ4v) is 7.57. The molecule has 2 N–H and O–H groups in total. The van der Waals surface area contributed by atoms with E-state index in [9.17, 15) is 4.79 Å². The van der Waals surface area contributed by atoms with Crippen LogP contribution in [0.2, 0.25) is 10.0 Å². The number of nitrogens with zero attached hydrogens (tertiary/aromatic N) is 6. The molecule has 9 nitrogen and oxygen atoms in total. The van der Waals surface area contributed by atoms with Crippen molar-refractivity contribution in [3.05, 3.63) is 151 Å². The first-order valence-electron chi connectivity index (χ1n) is 21.4. The number of benzene rings is 2. The van der Waals surface area contributed by atoms with Gasteiger partial charge in [0.05, 0.1) is 35.4 Å². The van der Waals surface area contributed by atoms with Gasteiger partial charge in [-0.2, -0.15) is 0 Å². The van der Waals surface area contributed by atoms with Gasteiger partial charge in [-0.05, 0) is 119 Å². The van der Waals surface area contributed by atoms with Gasteiger partial charge in [0.2, 0.25) is 0 Å². The first-order valence-corrected chi connectivity index (χ1v) is 22.2. The van der Waals surface area contributed by atoms with Crippen LogP contribution in [0.4, 0.5) is 5.69 Å². The molecule has 2 saturated heterocycles. The van der Waals surface area contributed by atoms with Gasteiger partial charge in [-0.3, -0.25) is 9.78 Å². The quantitative estimate of drug-likeness (QED) is 0.138. The molecule has 11 heteroatoms. The number of carbonyl (C=O) groups is 1. The van der Waals surface area contributed by atoms with Gasteiger partial charge in [0.25, 0.3) is 5.91 Å². The summed E-state index contributed by atoms with van der Waals surface area (Å²) >= 11 is 12.6. The summed E-state index contributed by atoms with van der Waals surface area (Å²) in [6.45, 7) is 36.8. The lowest BCUT2D eigenvalue weighted by molar-refractivity contribution is 0.0651. The molecule has 0 saturated carbocycles. The van der Waals surface area contributed by atoms with E-state index in [0.717, 1.165) is 117 Å². The summed E-state index contributed by atoms with van der Waals surface area (Å²) in [7, 11) is 1.95. The zero-order valence-corrected chi connectivity index (χ0v) is 40.2. The van der Waals surface area contributed by atoms with Crippen LogP contribution in [-0.2, 0) is 26.7 Å². The number of rotatable bonds is 12. The number of carbonyl (C=O) groups excluding carboxylic acids is 1. The van der Waals surface area contributed by atoms with Crippen LogP contribution in [0.15, 0.2) is 73.2 Å². The monoisotopic (exact) mass is 866 g/mol. The molecule has 61 heavy (non-hydrogen) atoms. The average molecular weight is 868 g/mol. The Kier molecular flexibility index (Phi) is 17.9. The molecule has 0 radical (unpaired) electrons. The van der Waals surface area contributed by atoms with Crippen LogP contribution in [0, 0.1) is 61.3 Å². The van der Waals surface area contributed by atoms with Crippen molar-refractivity contribution >= 4 is 41.0 Å². The van der Waals surface area contributed by atoms with E-state index in [1.54, 1.807) is 6.20 Å². The molecule has 1 amide bonds. The van der Waals surface area contributed by atoms with Gasteiger partial charge < -0.3 is 29.6 Å². The highest BCUT2D eigenvalue weighted by Gasteiger charge is 2.25. The largest absolute Gasteiger partial charge is 0.380 e. The summed E-state index contributed by atoms with van der Waals surface area (Å²) in [5.41, 5.74) is 14.6.